The van der Waals surface area contributed by atoms with E-state index in [0.717, 1.165) is 13.1 Å². The molecule has 0 aromatic rings. The first-order chi connectivity index (χ1) is 7.38. The van der Waals surface area contributed by atoms with Crippen LogP contribution < -0.4 is 0 Å². The van der Waals surface area contributed by atoms with Crippen LogP contribution in [0.1, 0.15) is 27.7 Å². The highest BCUT2D eigenvalue weighted by Crippen LogP contribution is 2.23. The third-order valence-electron chi connectivity index (χ3n) is 3.74. The molecule has 1 aliphatic rings. The Hall–Kier alpha value is -0.850. The maximum absolute atomic E-state index is 8.61. The summed E-state index contributed by atoms with van der Waals surface area (Å²) in [6.07, 6.45) is 3.59. The zero-order valence-electron chi connectivity index (χ0n) is 11.1. The van der Waals surface area contributed by atoms with Gasteiger partial charge in [-0.25, -0.2) is 0 Å². The smallest absolute Gasteiger partial charge is 0.0909 e. The number of piperazine rings is 1. The molecule has 3 heteroatoms. The first-order valence-corrected chi connectivity index (χ1v) is 5.93. The molecule has 3 nitrogen and oxygen atoms in total. The Kier molecular flexibility index (Phi) is 4.12. The molecule has 0 aliphatic carbocycles. The number of nitriles is 1. The first-order valence-electron chi connectivity index (χ1n) is 5.93. The predicted molar refractivity (Wildman–Crippen MR) is 67.1 cm³/mol. The molecule has 0 saturated carbocycles. The molecular weight excluding hydrogens is 198 g/mol. The minimum absolute atomic E-state index is 0.0283. The molecule has 0 radical (unpaired) electrons. The Balaban J connectivity index is 2.75. The zero-order valence-corrected chi connectivity index (χ0v) is 11.1. The van der Waals surface area contributed by atoms with Crippen LogP contribution in [0, 0.1) is 11.3 Å². The van der Waals surface area contributed by atoms with Gasteiger partial charge in [-0.2, -0.15) is 5.26 Å². The van der Waals surface area contributed by atoms with Crippen molar-refractivity contribution < 1.29 is 0 Å². The Morgan fingerprint density at radius 3 is 2.19 bits per heavy atom. The van der Waals surface area contributed by atoms with Crippen LogP contribution in [-0.2, 0) is 0 Å². The number of likely N-dealkylation sites (N-methyl/N-ethyl adjacent to an activating group) is 1. The second-order valence-electron chi connectivity index (χ2n) is 5.38. The highest BCUT2D eigenvalue weighted by Gasteiger charge is 2.33. The average Bonchev–Trinajstić information content (AvgIpc) is 2.22. The lowest BCUT2D eigenvalue weighted by atomic mass is 9.97. The van der Waals surface area contributed by atoms with Gasteiger partial charge in [0.15, 0.2) is 0 Å². The summed E-state index contributed by atoms with van der Waals surface area (Å²) in [6, 6.07) is 3.21. The molecule has 0 unspecified atom stereocenters. The molecular formula is C13H23N3. The average molecular weight is 221 g/mol. The second kappa shape index (κ2) is 4.99. The van der Waals surface area contributed by atoms with Crippen molar-refractivity contribution >= 4 is 0 Å². The van der Waals surface area contributed by atoms with E-state index < -0.39 is 0 Å². The summed E-state index contributed by atoms with van der Waals surface area (Å²) in [5.41, 5.74) is -0.0283. The summed E-state index contributed by atoms with van der Waals surface area (Å²) in [5.74, 6) is 0. The lowest BCUT2D eigenvalue weighted by Crippen LogP contribution is -2.60. The standard InChI is InChI=1S/C13H23N3/c1-11-9-16(10-12(2)15(11)5)13(3,4)7-6-8-14/h6-7,11-12H,9-10H2,1-5H3/t11-,12+. The molecule has 0 aromatic heterocycles. The van der Waals surface area contributed by atoms with E-state index in [-0.39, 0.29) is 5.54 Å². The van der Waals surface area contributed by atoms with Gasteiger partial charge in [-0.15, -0.1) is 0 Å². The molecule has 1 fully saturated rings. The first kappa shape index (κ1) is 13.2. The fourth-order valence-corrected chi connectivity index (χ4v) is 2.22. The minimum atomic E-state index is -0.0283. The van der Waals surface area contributed by atoms with Gasteiger partial charge in [-0.1, -0.05) is 6.08 Å². The minimum Gasteiger partial charge on any atom is -0.298 e. The van der Waals surface area contributed by atoms with Crippen LogP contribution in [-0.4, -0.2) is 47.6 Å². The summed E-state index contributed by atoms with van der Waals surface area (Å²) < 4.78 is 0. The van der Waals surface area contributed by atoms with E-state index in [2.05, 4.69) is 50.6 Å². The van der Waals surface area contributed by atoms with Crippen molar-refractivity contribution in [1.29, 1.82) is 5.26 Å². The van der Waals surface area contributed by atoms with Crippen molar-refractivity contribution in [1.82, 2.24) is 9.80 Å². The van der Waals surface area contributed by atoms with E-state index >= 15 is 0 Å². The zero-order chi connectivity index (χ0) is 12.3. The van der Waals surface area contributed by atoms with Gasteiger partial charge in [-0.05, 0) is 34.7 Å². The Bertz CT molecular complexity index is 289. The van der Waals surface area contributed by atoms with Crippen LogP contribution in [0.2, 0.25) is 0 Å². The molecule has 90 valence electrons. The van der Waals surface area contributed by atoms with E-state index in [0.29, 0.717) is 12.1 Å². The summed E-state index contributed by atoms with van der Waals surface area (Å²) in [5, 5.41) is 8.61. The van der Waals surface area contributed by atoms with Gasteiger partial charge in [0, 0.05) is 36.8 Å². The van der Waals surface area contributed by atoms with Crippen molar-refractivity contribution in [3.63, 3.8) is 0 Å². The van der Waals surface area contributed by atoms with E-state index in [4.69, 9.17) is 5.26 Å². The molecule has 1 aliphatic heterocycles. The summed E-state index contributed by atoms with van der Waals surface area (Å²) >= 11 is 0. The Labute approximate surface area is 99.3 Å². The summed E-state index contributed by atoms with van der Waals surface area (Å²) in [6.45, 7) is 11.0. The fraction of sp³-hybridized carbons (Fsp3) is 0.769. The Morgan fingerprint density at radius 2 is 1.75 bits per heavy atom. The fourth-order valence-electron chi connectivity index (χ4n) is 2.22. The monoisotopic (exact) mass is 221 g/mol. The van der Waals surface area contributed by atoms with Crippen molar-refractivity contribution in [2.24, 2.45) is 0 Å². The van der Waals surface area contributed by atoms with Crippen molar-refractivity contribution in [2.75, 3.05) is 20.1 Å². The number of allylic oxidation sites excluding steroid dienone is 1. The Morgan fingerprint density at radius 1 is 1.25 bits per heavy atom. The molecule has 0 bridgehead atoms. The third kappa shape index (κ3) is 2.84. The number of nitrogens with zero attached hydrogens (tertiary/aromatic N) is 3. The second-order valence-corrected chi connectivity index (χ2v) is 5.38. The highest BCUT2D eigenvalue weighted by atomic mass is 15.3. The van der Waals surface area contributed by atoms with Gasteiger partial charge in [0.05, 0.1) is 6.07 Å². The van der Waals surface area contributed by atoms with Gasteiger partial charge in [0.25, 0.3) is 0 Å². The van der Waals surface area contributed by atoms with E-state index in [1.807, 2.05) is 6.08 Å². The van der Waals surface area contributed by atoms with Gasteiger partial charge >= 0.3 is 0 Å². The van der Waals surface area contributed by atoms with Gasteiger partial charge in [-0.3, -0.25) is 9.80 Å². The van der Waals surface area contributed by atoms with Crippen LogP contribution in [0.15, 0.2) is 12.2 Å². The summed E-state index contributed by atoms with van der Waals surface area (Å²) in [4.78, 5) is 4.87. The topological polar surface area (TPSA) is 30.3 Å². The van der Waals surface area contributed by atoms with E-state index in [1.165, 1.54) is 0 Å². The molecule has 0 spiro atoms. The van der Waals surface area contributed by atoms with Crippen molar-refractivity contribution in [3.8, 4) is 6.07 Å². The quantitative estimate of drug-likeness (QED) is 0.667. The van der Waals surface area contributed by atoms with Gasteiger partial charge < -0.3 is 0 Å². The molecule has 1 rings (SSSR count). The van der Waals surface area contributed by atoms with Crippen molar-refractivity contribution in [3.05, 3.63) is 12.2 Å². The normalized spacial score (nSPS) is 29.5. The molecule has 0 amide bonds. The molecule has 0 aromatic carbocycles. The molecule has 2 atom stereocenters. The lowest BCUT2D eigenvalue weighted by molar-refractivity contribution is 0.0192. The largest absolute Gasteiger partial charge is 0.298 e. The van der Waals surface area contributed by atoms with Gasteiger partial charge in [0.1, 0.15) is 0 Å². The van der Waals surface area contributed by atoms with E-state index in [1.54, 1.807) is 6.08 Å². The third-order valence-corrected chi connectivity index (χ3v) is 3.74. The maximum atomic E-state index is 8.61. The van der Waals surface area contributed by atoms with Crippen LogP contribution >= 0.6 is 0 Å². The van der Waals surface area contributed by atoms with Crippen molar-refractivity contribution in [2.45, 2.75) is 45.3 Å². The van der Waals surface area contributed by atoms with E-state index in [9.17, 15) is 0 Å². The molecule has 0 N–H and O–H groups in total. The lowest BCUT2D eigenvalue weighted by Gasteiger charge is -2.48. The van der Waals surface area contributed by atoms with Crippen LogP contribution in [0.25, 0.3) is 0 Å². The van der Waals surface area contributed by atoms with Crippen LogP contribution in [0.4, 0.5) is 0 Å². The highest BCUT2D eigenvalue weighted by molar-refractivity contribution is 5.12. The number of rotatable bonds is 2. The van der Waals surface area contributed by atoms with Crippen LogP contribution in [0.5, 0.6) is 0 Å². The van der Waals surface area contributed by atoms with Crippen LogP contribution in [0.3, 0.4) is 0 Å². The van der Waals surface area contributed by atoms with Gasteiger partial charge in [0.2, 0.25) is 0 Å². The molecule has 16 heavy (non-hydrogen) atoms. The molecule has 1 saturated heterocycles. The molecule has 1 heterocycles. The maximum Gasteiger partial charge on any atom is 0.0909 e. The predicted octanol–water partition coefficient (Wildman–Crippen LogP) is 1.87. The number of hydrogen-bond donors (Lipinski definition) is 0. The SMILES string of the molecule is C[C@@H]1CN(C(C)(C)C=CC#N)C[C@H](C)N1C. The summed E-state index contributed by atoms with van der Waals surface area (Å²) in [7, 11) is 2.19. The number of hydrogen-bond acceptors (Lipinski definition) is 3.